The molecule has 1 aliphatic rings. The molecule has 0 aliphatic heterocycles. The Morgan fingerprint density at radius 1 is 0.689 bits per heavy atom. The van der Waals surface area contributed by atoms with Crippen molar-refractivity contribution in [1.82, 2.24) is 9.55 Å². The fraction of sp³-hybridized carbons (Fsp3) is 0.0732. The lowest BCUT2D eigenvalue weighted by atomic mass is 9.67. The van der Waals surface area contributed by atoms with Gasteiger partial charge in [-0.05, 0) is 75.8 Å². The molecule has 3 nitrogen and oxygen atoms in total. The lowest BCUT2D eigenvalue weighted by Crippen LogP contribution is -2.28. The van der Waals surface area contributed by atoms with Crippen LogP contribution in [0.3, 0.4) is 0 Å². The van der Waals surface area contributed by atoms with E-state index in [0.717, 1.165) is 44.6 Å². The van der Waals surface area contributed by atoms with Crippen molar-refractivity contribution in [2.75, 3.05) is 0 Å². The summed E-state index contributed by atoms with van der Waals surface area (Å²) in [6, 6.07) is 50.4. The fourth-order valence-corrected chi connectivity index (χ4v) is 8.85. The standard InChI is InChI=1S/C41H27N3S/c1-2-37-43-33-16-8-9-17-34(33)44(37)29-21-19-28(20-22-29)41(27-12-4-3-5-13-27)31-15-7-6-14-30(31)39-32(41)23-24-36-40(39)38-26(25-42)11-10-18-35(38)45-36/h3-24H,2H2,1H3. The summed E-state index contributed by atoms with van der Waals surface area (Å²) < 4.78 is 4.64. The van der Waals surface area contributed by atoms with Gasteiger partial charge in [-0.2, -0.15) is 5.26 Å². The van der Waals surface area contributed by atoms with E-state index < -0.39 is 5.41 Å². The molecule has 1 atom stereocenters. The van der Waals surface area contributed by atoms with Gasteiger partial charge in [-0.1, -0.05) is 97.9 Å². The molecule has 9 rings (SSSR count). The number of hydrogen-bond donors (Lipinski definition) is 0. The van der Waals surface area contributed by atoms with Crippen molar-refractivity contribution in [2.45, 2.75) is 18.8 Å². The van der Waals surface area contributed by atoms with Crippen molar-refractivity contribution >= 4 is 42.5 Å². The second-order valence-corrected chi connectivity index (χ2v) is 12.8. The number of rotatable bonds is 4. The zero-order valence-electron chi connectivity index (χ0n) is 24.7. The van der Waals surface area contributed by atoms with Crippen LogP contribution in [0.4, 0.5) is 0 Å². The molecule has 0 spiro atoms. The third-order valence-corrected chi connectivity index (χ3v) is 10.6. The molecule has 0 saturated heterocycles. The van der Waals surface area contributed by atoms with Crippen molar-refractivity contribution < 1.29 is 0 Å². The topological polar surface area (TPSA) is 41.6 Å². The molecule has 8 aromatic rings. The van der Waals surface area contributed by atoms with E-state index >= 15 is 0 Å². The fourth-order valence-electron chi connectivity index (χ4n) is 7.71. The van der Waals surface area contributed by atoms with E-state index in [0.29, 0.717) is 0 Å². The number of fused-ring (bicyclic) bond motifs is 8. The van der Waals surface area contributed by atoms with E-state index in [1.54, 1.807) is 11.3 Å². The van der Waals surface area contributed by atoms with E-state index in [1.165, 1.54) is 43.5 Å². The van der Waals surface area contributed by atoms with Crippen molar-refractivity contribution in [2.24, 2.45) is 0 Å². The smallest absolute Gasteiger partial charge is 0.114 e. The van der Waals surface area contributed by atoms with Crippen LogP contribution in [0.5, 0.6) is 0 Å². The summed E-state index contributed by atoms with van der Waals surface area (Å²) in [6.45, 7) is 2.16. The predicted molar refractivity (Wildman–Crippen MR) is 185 cm³/mol. The molecule has 0 bridgehead atoms. The number of benzene rings is 6. The van der Waals surface area contributed by atoms with Crippen molar-refractivity contribution in [3.63, 3.8) is 0 Å². The monoisotopic (exact) mass is 593 g/mol. The SMILES string of the molecule is CCc1nc2ccccc2n1-c1ccc(C2(c3ccccc3)c3ccccc3-c3c2ccc2sc4cccc(C#N)c4c32)cc1. The molecular formula is C41H27N3S. The van der Waals surface area contributed by atoms with Gasteiger partial charge in [-0.15, -0.1) is 11.3 Å². The van der Waals surface area contributed by atoms with Crippen LogP contribution in [0.25, 0.3) is 48.0 Å². The van der Waals surface area contributed by atoms with Gasteiger partial charge < -0.3 is 0 Å². The number of thiophene rings is 1. The maximum atomic E-state index is 10.2. The quantitative estimate of drug-likeness (QED) is 0.204. The maximum absolute atomic E-state index is 10.2. The van der Waals surface area contributed by atoms with Crippen LogP contribution in [-0.4, -0.2) is 9.55 Å². The molecule has 0 N–H and O–H groups in total. The summed E-state index contributed by atoms with van der Waals surface area (Å²) in [4.78, 5) is 4.93. The Hall–Kier alpha value is -5.50. The minimum Gasteiger partial charge on any atom is -0.296 e. The summed E-state index contributed by atoms with van der Waals surface area (Å²) in [5.74, 6) is 1.05. The highest BCUT2D eigenvalue weighted by atomic mass is 32.1. The number of nitriles is 1. The van der Waals surface area contributed by atoms with Crippen LogP contribution >= 0.6 is 11.3 Å². The molecule has 45 heavy (non-hydrogen) atoms. The Labute approximate surface area is 265 Å². The minimum atomic E-state index is -0.527. The first-order valence-corrected chi connectivity index (χ1v) is 16.2. The minimum absolute atomic E-state index is 0.527. The number of para-hydroxylation sites is 2. The Bertz CT molecular complexity index is 2480. The van der Waals surface area contributed by atoms with Crippen molar-refractivity contribution in [1.29, 1.82) is 5.26 Å². The maximum Gasteiger partial charge on any atom is 0.114 e. The van der Waals surface area contributed by atoms with Gasteiger partial charge in [-0.3, -0.25) is 4.57 Å². The Morgan fingerprint density at radius 3 is 2.24 bits per heavy atom. The molecule has 1 aliphatic carbocycles. The van der Waals surface area contributed by atoms with E-state index in [4.69, 9.17) is 4.98 Å². The molecule has 6 aromatic carbocycles. The van der Waals surface area contributed by atoms with Gasteiger partial charge in [0.25, 0.3) is 0 Å². The average molecular weight is 594 g/mol. The summed E-state index contributed by atoms with van der Waals surface area (Å²) in [6.07, 6.45) is 0.848. The highest BCUT2D eigenvalue weighted by Crippen LogP contribution is 2.59. The second-order valence-electron chi connectivity index (χ2n) is 11.7. The van der Waals surface area contributed by atoms with Crippen LogP contribution in [-0.2, 0) is 11.8 Å². The molecule has 2 aromatic heterocycles. The largest absolute Gasteiger partial charge is 0.296 e. The molecule has 2 heterocycles. The first-order valence-electron chi connectivity index (χ1n) is 15.4. The lowest BCUT2D eigenvalue weighted by Gasteiger charge is -2.34. The summed E-state index contributed by atoms with van der Waals surface area (Å²) >= 11 is 1.77. The van der Waals surface area contributed by atoms with E-state index in [-0.39, 0.29) is 0 Å². The Balaban J connectivity index is 1.37. The highest BCUT2D eigenvalue weighted by Gasteiger charge is 2.47. The van der Waals surface area contributed by atoms with Crippen LogP contribution in [0.2, 0.25) is 0 Å². The molecule has 0 amide bonds. The molecule has 4 heteroatoms. The van der Waals surface area contributed by atoms with E-state index in [2.05, 4.69) is 133 Å². The highest BCUT2D eigenvalue weighted by molar-refractivity contribution is 7.26. The number of imidazole rings is 1. The Morgan fingerprint density at radius 2 is 1.42 bits per heavy atom. The van der Waals surface area contributed by atoms with E-state index in [9.17, 15) is 5.26 Å². The second kappa shape index (κ2) is 9.75. The van der Waals surface area contributed by atoms with Crippen molar-refractivity contribution in [3.8, 4) is 22.9 Å². The van der Waals surface area contributed by atoms with E-state index in [1.807, 2.05) is 18.2 Å². The van der Waals surface area contributed by atoms with Crippen LogP contribution < -0.4 is 0 Å². The zero-order chi connectivity index (χ0) is 30.1. The van der Waals surface area contributed by atoms with Crippen LogP contribution in [0.15, 0.2) is 133 Å². The number of aryl methyl sites for hydroxylation is 1. The zero-order valence-corrected chi connectivity index (χ0v) is 25.5. The number of hydrogen-bond acceptors (Lipinski definition) is 3. The van der Waals surface area contributed by atoms with Gasteiger partial charge in [0.1, 0.15) is 5.82 Å². The molecule has 0 fully saturated rings. The van der Waals surface area contributed by atoms with Gasteiger partial charge in [0.15, 0.2) is 0 Å². The Kier molecular flexibility index (Phi) is 5.63. The third kappa shape index (κ3) is 3.47. The third-order valence-electron chi connectivity index (χ3n) is 9.50. The first kappa shape index (κ1) is 25.9. The van der Waals surface area contributed by atoms with Gasteiger partial charge in [0.2, 0.25) is 0 Å². The predicted octanol–water partition coefficient (Wildman–Crippen LogP) is 10.2. The van der Waals surface area contributed by atoms with Crippen molar-refractivity contribution in [3.05, 3.63) is 167 Å². The summed E-state index contributed by atoms with van der Waals surface area (Å²) in [5.41, 5.74) is 10.9. The number of aromatic nitrogens is 2. The lowest BCUT2D eigenvalue weighted by molar-refractivity contribution is 0.768. The van der Waals surface area contributed by atoms with Gasteiger partial charge in [0.05, 0.1) is 28.1 Å². The molecule has 0 radical (unpaired) electrons. The van der Waals surface area contributed by atoms with Gasteiger partial charge >= 0.3 is 0 Å². The summed E-state index contributed by atoms with van der Waals surface area (Å²) in [7, 11) is 0. The average Bonchev–Trinajstić information content (AvgIpc) is 3.77. The van der Waals surface area contributed by atoms with Gasteiger partial charge in [0, 0.05) is 32.3 Å². The normalized spacial score (nSPS) is 15.4. The van der Waals surface area contributed by atoms with Crippen LogP contribution in [0.1, 0.15) is 40.6 Å². The first-order chi connectivity index (χ1) is 22.2. The summed E-state index contributed by atoms with van der Waals surface area (Å²) in [5, 5.41) is 12.4. The molecule has 212 valence electrons. The molecular weight excluding hydrogens is 567 g/mol. The molecule has 1 unspecified atom stereocenters. The number of nitrogens with zero attached hydrogens (tertiary/aromatic N) is 3. The van der Waals surface area contributed by atoms with Gasteiger partial charge in [-0.25, -0.2) is 4.98 Å². The molecule has 0 saturated carbocycles. The van der Waals surface area contributed by atoms with Crippen LogP contribution in [0, 0.1) is 11.3 Å².